The molecule has 0 amide bonds. The minimum absolute atomic E-state index is 0.0522. The van der Waals surface area contributed by atoms with E-state index < -0.39 is 0 Å². The molecule has 0 bridgehead atoms. The first-order valence-electron chi connectivity index (χ1n) is 8.77. The van der Waals surface area contributed by atoms with Gasteiger partial charge in [0.1, 0.15) is 0 Å². The smallest absolute Gasteiger partial charge is 0.0687 e. The zero-order chi connectivity index (χ0) is 17.4. The topological polar surface area (TPSA) is 35.2 Å². The Kier molecular flexibility index (Phi) is 5.99. The van der Waals surface area contributed by atoms with Gasteiger partial charge in [0.2, 0.25) is 0 Å². The Morgan fingerprint density at radius 2 is 1.08 bits per heavy atom. The summed E-state index contributed by atoms with van der Waals surface area (Å²) in [5.41, 5.74) is 3.95. The lowest BCUT2D eigenvalue weighted by Crippen LogP contribution is -2.34. The zero-order valence-corrected chi connectivity index (χ0v) is 14.5. The van der Waals surface area contributed by atoms with Crippen LogP contribution in [0.3, 0.4) is 0 Å². The van der Waals surface area contributed by atoms with Crippen LogP contribution in [0.25, 0.3) is 0 Å². The van der Waals surface area contributed by atoms with Gasteiger partial charge in [0.25, 0.3) is 0 Å². The lowest BCUT2D eigenvalue weighted by molar-refractivity contribution is 0.115. The molecule has 2 heteroatoms. The van der Waals surface area contributed by atoms with E-state index in [1.54, 1.807) is 0 Å². The van der Waals surface area contributed by atoms with Crippen LogP contribution in [0.15, 0.2) is 91.0 Å². The van der Waals surface area contributed by atoms with Crippen molar-refractivity contribution in [1.82, 2.24) is 0 Å². The summed E-state index contributed by atoms with van der Waals surface area (Å²) in [6.45, 7) is 0.536. The van der Waals surface area contributed by atoms with Crippen LogP contribution in [0, 0.1) is 0 Å². The van der Waals surface area contributed by atoms with Gasteiger partial charge in [-0.3, -0.25) is 0 Å². The van der Waals surface area contributed by atoms with E-state index >= 15 is 0 Å². The van der Waals surface area contributed by atoms with Gasteiger partial charge < -0.3 is 4.84 Å². The summed E-state index contributed by atoms with van der Waals surface area (Å²) < 4.78 is 0. The fourth-order valence-electron chi connectivity index (χ4n) is 3.61. The number of nitrogens with two attached hydrogens (primary N) is 1. The highest BCUT2D eigenvalue weighted by Gasteiger charge is 2.32. The quantitative estimate of drug-likeness (QED) is 0.608. The van der Waals surface area contributed by atoms with E-state index in [-0.39, 0.29) is 5.41 Å². The highest BCUT2D eigenvalue weighted by Crippen LogP contribution is 2.36. The van der Waals surface area contributed by atoms with Crippen molar-refractivity contribution in [2.24, 2.45) is 5.90 Å². The van der Waals surface area contributed by atoms with Crippen LogP contribution in [0.2, 0.25) is 0 Å². The summed E-state index contributed by atoms with van der Waals surface area (Å²) >= 11 is 0. The lowest BCUT2D eigenvalue weighted by atomic mass is 9.69. The highest BCUT2D eigenvalue weighted by molar-refractivity contribution is 5.33. The molecule has 25 heavy (non-hydrogen) atoms. The third kappa shape index (κ3) is 4.56. The number of hydrogen-bond acceptors (Lipinski definition) is 2. The molecule has 0 unspecified atom stereocenters. The Morgan fingerprint density at radius 1 is 0.640 bits per heavy atom. The van der Waals surface area contributed by atoms with Gasteiger partial charge >= 0.3 is 0 Å². The molecule has 0 aliphatic carbocycles. The van der Waals surface area contributed by atoms with Gasteiger partial charge in [0.05, 0.1) is 6.61 Å². The molecule has 3 aromatic carbocycles. The molecule has 0 radical (unpaired) electrons. The van der Waals surface area contributed by atoms with Gasteiger partial charge in [-0.25, -0.2) is 5.90 Å². The molecule has 0 fully saturated rings. The average Bonchev–Trinajstić information content (AvgIpc) is 2.68. The molecule has 2 nitrogen and oxygen atoms in total. The SMILES string of the molecule is NOCCC(Cc1ccccc1)(Cc1ccccc1)c1ccccc1. The van der Waals surface area contributed by atoms with Crippen LogP contribution in [-0.4, -0.2) is 6.61 Å². The lowest BCUT2D eigenvalue weighted by Gasteiger charge is -2.35. The van der Waals surface area contributed by atoms with Crippen molar-refractivity contribution in [3.05, 3.63) is 108 Å². The second-order valence-electron chi connectivity index (χ2n) is 6.59. The molecule has 2 N–H and O–H groups in total. The van der Waals surface area contributed by atoms with Crippen LogP contribution in [-0.2, 0) is 23.1 Å². The standard InChI is InChI=1S/C23H25NO/c24-25-17-16-23(22-14-8-3-9-15-22,18-20-10-4-1-5-11-20)19-21-12-6-2-7-13-21/h1-15H,16-19,24H2. The van der Waals surface area contributed by atoms with Gasteiger partial charge in [-0.2, -0.15) is 0 Å². The first kappa shape index (κ1) is 17.4. The summed E-state index contributed by atoms with van der Waals surface area (Å²) in [7, 11) is 0. The van der Waals surface area contributed by atoms with Gasteiger partial charge in [0, 0.05) is 5.41 Å². The number of hydrogen-bond donors (Lipinski definition) is 1. The first-order valence-corrected chi connectivity index (χ1v) is 8.77. The van der Waals surface area contributed by atoms with E-state index in [4.69, 9.17) is 10.7 Å². The molecule has 128 valence electrons. The molecule has 0 saturated heterocycles. The minimum Gasteiger partial charge on any atom is -0.305 e. The normalized spacial score (nSPS) is 11.4. The zero-order valence-electron chi connectivity index (χ0n) is 14.5. The van der Waals surface area contributed by atoms with E-state index in [1.807, 2.05) is 0 Å². The van der Waals surface area contributed by atoms with Crippen LogP contribution < -0.4 is 5.90 Å². The Hall–Kier alpha value is -2.42. The van der Waals surface area contributed by atoms with Crippen molar-refractivity contribution in [1.29, 1.82) is 0 Å². The monoisotopic (exact) mass is 331 g/mol. The molecule has 0 saturated carbocycles. The Bertz CT molecular complexity index is 699. The summed E-state index contributed by atoms with van der Waals surface area (Å²) in [6, 6.07) is 32.1. The summed E-state index contributed by atoms with van der Waals surface area (Å²) in [4.78, 5) is 4.99. The molecule has 3 aromatic rings. The summed E-state index contributed by atoms with van der Waals surface area (Å²) in [5.74, 6) is 5.40. The van der Waals surface area contributed by atoms with E-state index in [1.165, 1.54) is 16.7 Å². The molecule has 0 aliphatic rings. The van der Waals surface area contributed by atoms with Crippen LogP contribution >= 0.6 is 0 Å². The Balaban J connectivity index is 2.02. The van der Waals surface area contributed by atoms with Crippen LogP contribution in [0.5, 0.6) is 0 Å². The first-order chi connectivity index (χ1) is 12.3. The maximum atomic E-state index is 5.40. The molecule has 3 rings (SSSR count). The van der Waals surface area contributed by atoms with Crippen LogP contribution in [0.1, 0.15) is 23.1 Å². The Morgan fingerprint density at radius 3 is 1.52 bits per heavy atom. The molecule has 0 spiro atoms. The van der Waals surface area contributed by atoms with Crippen molar-refractivity contribution >= 4 is 0 Å². The minimum atomic E-state index is -0.0522. The van der Waals surface area contributed by atoms with E-state index in [2.05, 4.69) is 91.0 Å². The fraction of sp³-hybridized carbons (Fsp3) is 0.217. The van der Waals surface area contributed by atoms with Crippen molar-refractivity contribution < 1.29 is 4.84 Å². The van der Waals surface area contributed by atoms with Crippen molar-refractivity contribution in [2.75, 3.05) is 6.61 Å². The average molecular weight is 331 g/mol. The van der Waals surface area contributed by atoms with E-state index in [0.717, 1.165) is 19.3 Å². The Labute approximate surface area is 150 Å². The van der Waals surface area contributed by atoms with Crippen molar-refractivity contribution in [3.8, 4) is 0 Å². The van der Waals surface area contributed by atoms with Gasteiger partial charge in [-0.05, 0) is 36.0 Å². The van der Waals surface area contributed by atoms with Crippen molar-refractivity contribution in [2.45, 2.75) is 24.7 Å². The van der Waals surface area contributed by atoms with Crippen LogP contribution in [0.4, 0.5) is 0 Å². The molecule has 0 aromatic heterocycles. The maximum Gasteiger partial charge on any atom is 0.0687 e. The largest absolute Gasteiger partial charge is 0.305 e. The second kappa shape index (κ2) is 8.61. The summed E-state index contributed by atoms with van der Waals surface area (Å²) in [6.07, 6.45) is 2.78. The number of benzene rings is 3. The highest BCUT2D eigenvalue weighted by atomic mass is 16.6. The molecular formula is C23H25NO. The molecule has 0 aliphatic heterocycles. The second-order valence-corrected chi connectivity index (χ2v) is 6.59. The molecule has 0 heterocycles. The maximum absolute atomic E-state index is 5.40. The third-order valence-corrected chi connectivity index (χ3v) is 4.86. The summed E-state index contributed by atoms with van der Waals surface area (Å²) in [5, 5.41) is 0. The predicted octanol–water partition coefficient (Wildman–Crippen LogP) is 4.69. The predicted molar refractivity (Wildman–Crippen MR) is 103 cm³/mol. The van der Waals surface area contributed by atoms with Gasteiger partial charge in [0.15, 0.2) is 0 Å². The number of rotatable bonds is 8. The molecule has 0 atom stereocenters. The fourth-order valence-corrected chi connectivity index (χ4v) is 3.61. The van der Waals surface area contributed by atoms with Crippen molar-refractivity contribution in [3.63, 3.8) is 0 Å². The van der Waals surface area contributed by atoms with Gasteiger partial charge in [-0.15, -0.1) is 0 Å². The third-order valence-electron chi connectivity index (χ3n) is 4.86. The van der Waals surface area contributed by atoms with Gasteiger partial charge in [-0.1, -0.05) is 91.0 Å². The molecular weight excluding hydrogens is 306 g/mol. The van der Waals surface area contributed by atoms with E-state index in [9.17, 15) is 0 Å². The van der Waals surface area contributed by atoms with E-state index in [0.29, 0.717) is 6.61 Å².